The first-order valence-corrected chi connectivity index (χ1v) is 12.8. The van der Waals surface area contributed by atoms with Crippen LogP contribution in [0, 0.1) is 5.92 Å². The number of carboxylic acids is 1. The second-order valence-corrected chi connectivity index (χ2v) is 10.00. The molecule has 2 aromatic rings. The average Bonchev–Trinajstić information content (AvgIpc) is 3.49. The summed E-state index contributed by atoms with van der Waals surface area (Å²) in [5, 5.41) is 15.9. The second-order valence-electron chi connectivity index (χ2n) is 9.63. The van der Waals surface area contributed by atoms with Crippen molar-refractivity contribution in [3.05, 3.63) is 36.0 Å². The van der Waals surface area contributed by atoms with Gasteiger partial charge in [0, 0.05) is 35.8 Å². The van der Waals surface area contributed by atoms with E-state index in [0.29, 0.717) is 19.4 Å². The van der Waals surface area contributed by atoms with Crippen molar-refractivity contribution in [2.75, 3.05) is 12.3 Å². The zero-order valence-corrected chi connectivity index (χ0v) is 21.5. The number of thiol groups is 1. The van der Waals surface area contributed by atoms with Crippen LogP contribution in [0.1, 0.15) is 38.7 Å². The van der Waals surface area contributed by atoms with Crippen molar-refractivity contribution in [3.8, 4) is 0 Å². The number of carbonyl (C=O) groups excluding carboxylic acids is 3. The number of fused-ring (bicyclic) bond motifs is 1. The lowest BCUT2D eigenvalue weighted by atomic mass is 10.0. The number of aliphatic carboxylic acids is 1. The average molecular weight is 518 g/mol. The highest BCUT2D eigenvalue weighted by atomic mass is 32.1. The molecule has 4 unspecified atom stereocenters. The Bertz CT molecular complexity index is 1100. The maximum absolute atomic E-state index is 13.3. The third-order valence-electron chi connectivity index (χ3n) is 6.41. The molecule has 3 rings (SSSR count). The molecular formula is C25H35N5O5S. The van der Waals surface area contributed by atoms with Gasteiger partial charge in [-0.05, 0) is 36.8 Å². The van der Waals surface area contributed by atoms with Crippen molar-refractivity contribution in [1.29, 1.82) is 0 Å². The fourth-order valence-electron chi connectivity index (χ4n) is 4.56. The molecule has 1 fully saturated rings. The van der Waals surface area contributed by atoms with Gasteiger partial charge in [-0.2, -0.15) is 12.6 Å². The molecule has 10 nitrogen and oxygen atoms in total. The van der Waals surface area contributed by atoms with Crippen molar-refractivity contribution in [1.82, 2.24) is 20.5 Å². The Kier molecular flexibility index (Phi) is 9.38. The Morgan fingerprint density at radius 2 is 1.92 bits per heavy atom. The van der Waals surface area contributed by atoms with Gasteiger partial charge in [-0.25, -0.2) is 4.79 Å². The number of carboxylic acid groups (broad SMARTS) is 1. The monoisotopic (exact) mass is 517 g/mol. The highest BCUT2D eigenvalue weighted by molar-refractivity contribution is 7.80. The predicted molar refractivity (Wildman–Crippen MR) is 140 cm³/mol. The SMILES string of the molecule is CC(C)CC(NC(=O)C(Cc1c[nH]c2ccccc12)NC(=O)C1CCCN1C(=O)C(N)CS)C(=O)O. The zero-order valence-electron chi connectivity index (χ0n) is 20.6. The molecule has 36 heavy (non-hydrogen) atoms. The lowest BCUT2D eigenvalue weighted by Crippen LogP contribution is -2.57. The molecule has 1 saturated heterocycles. The van der Waals surface area contributed by atoms with Crippen LogP contribution < -0.4 is 16.4 Å². The predicted octanol–water partition coefficient (Wildman–Crippen LogP) is 1.06. The van der Waals surface area contributed by atoms with Crippen LogP contribution in [-0.2, 0) is 25.6 Å². The molecular weight excluding hydrogens is 482 g/mol. The van der Waals surface area contributed by atoms with Gasteiger partial charge in [0.25, 0.3) is 0 Å². The van der Waals surface area contributed by atoms with Crippen LogP contribution in [0.5, 0.6) is 0 Å². The quantitative estimate of drug-likeness (QED) is 0.245. The summed E-state index contributed by atoms with van der Waals surface area (Å²) >= 11 is 4.08. The number of nitrogens with one attached hydrogen (secondary N) is 3. The highest BCUT2D eigenvalue weighted by Crippen LogP contribution is 2.21. The van der Waals surface area contributed by atoms with Crippen molar-refractivity contribution < 1.29 is 24.3 Å². The van der Waals surface area contributed by atoms with Gasteiger partial charge in [-0.1, -0.05) is 32.0 Å². The van der Waals surface area contributed by atoms with Crippen molar-refractivity contribution in [3.63, 3.8) is 0 Å². The Labute approximate surface area is 215 Å². The van der Waals surface area contributed by atoms with Crippen molar-refractivity contribution in [2.45, 2.75) is 63.7 Å². The second kappa shape index (κ2) is 12.3. The Balaban J connectivity index is 1.84. The first-order chi connectivity index (χ1) is 17.1. The van der Waals surface area contributed by atoms with E-state index in [-0.39, 0.29) is 30.4 Å². The number of rotatable bonds is 11. The molecule has 1 aliphatic heterocycles. The standard InChI is InChI=1S/C25H35N5O5S/c1-14(2)10-20(25(34)35)29-22(31)19(11-15-12-27-18-7-4-3-6-16(15)18)28-23(32)21-8-5-9-30(21)24(33)17(26)13-36/h3-4,6-7,12,14,17,19-21,27,36H,5,8-11,13,26H2,1-2H3,(H,28,32)(H,29,31)(H,34,35). The number of H-pyrrole nitrogens is 1. The van der Waals surface area contributed by atoms with Gasteiger partial charge in [0.2, 0.25) is 17.7 Å². The number of nitrogens with two attached hydrogens (primary N) is 1. The maximum atomic E-state index is 13.3. The Morgan fingerprint density at radius 3 is 2.58 bits per heavy atom. The molecule has 4 atom stereocenters. The summed E-state index contributed by atoms with van der Waals surface area (Å²) in [5.74, 6) is -2.36. The number of benzene rings is 1. The summed E-state index contributed by atoms with van der Waals surface area (Å²) in [4.78, 5) is 55.6. The lowest BCUT2D eigenvalue weighted by molar-refractivity contribution is -0.143. The topological polar surface area (TPSA) is 158 Å². The molecule has 1 aliphatic rings. The molecule has 1 aromatic heterocycles. The van der Waals surface area contributed by atoms with Crippen LogP contribution in [0.2, 0.25) is 0 Å². The number of likely N-dealkylation sites (tertiary alicyclic amines) is 1. The summed E-state index contributed by atoms with van der Waals surface area (Å²) in [7, 11) is 0. The van der Waals surface area contributed by atoms with Crippen molar-refractivity contribution in [2.24, 2.45) is 11.7 Å². The van der Waals surface area contributed by atoms with Gasteiger partial charge < -0.3 is 31.4 Å². The number of aromatic amines is 1. The summed E-state index contributed by atoms with van der Waals surface area (Å²) < 4.78 is 0. The molecule has 0 aliphatic carbocycles. The molecule has 11 heteroatoms. The minimum atomic E-state index is -1.14. The Morgan fingerprint density at radius 1 is 1.19 bits per heavy atom. The van der Waals surface area contributed by atoms with E-state index in [4.69, 9.17) is 5.73 Å². The molecule has 6 N–H and O–H groups in total. The first-order valence-electron chi connectivity index (χ1n) is 12.2. The fourth-order valence-corrected chi connectivity index (χ4v) is 4.71. The van der Waals surface area contributed by atoms with Crippen molar-refractivity contribution >= 4 is 47.2 Å². The molecule has 2 heterocycles. The minimum Gasteiger partial charge on any atom is -0.480 e. The minimum absolute atomic E-state index is 0.0437. The first kappa shape index (κ1) is 27.5. The van der Waals surface area contributed by atoms with Crippen LogP contribution in [0.25, 0.3) is 10.9 Å². The molecule has 1 aromatic carbocycles. The lowest BCUT2D eigenvalue weighted by Gasteiger charge is -2.28. The van der Waals surface area contributed by atoms with E-state index in [1.807, 2.05) is 38.1 Å². The molecule has 3 amide bonds. The maximum Gasteiger partial charge on any atom is 0.326 e. The fraction of sp³-hybridized carbons (Fsp3) is 0.520. The molecule has 0 spiro atoms. The molecule has 0 saturated carbocycles. The zero-order chi connectivity index (χ0) is 26.4. The van der Waals surface area contributed by atoms with E-state index in [2.05, 4.69) is 28.2 Å². The van der Waals surface area contributed by atoms with Gasteiger partial charge in [0.1, 0.15) is 18.1 Å². The molecule has 0 radical (unpaired) electrons. The van der Waals surface area contributed by atoms with Crippen LogP contribution >= 0.6 is 12.6 Å². The largest absolute Gasteiger partial charge is 0.480 e. The number of para-hydroxylation sites is 1. The number of nitrogens with zero attached hydrogens (tertiary/aromatic N) is 1. The number of amides is 3. The van der Waals surface area contributed by atoms with Crippen LogP contribution in [0.3, 0.4) is 0 Å². The normalized spacial score (nSPS) is 18.1. The summed E-state index contributed by atoms with van der Waals surface area (Å²) in [6, 6.07) is 3.88. The number of aromatic nitrogens is 1. The summed E-state index contributed by atoms with van der Waals surface area (Å²) in [5.41, 5.74) is 7.54. The summed E-state index contributed by atoms with van der Waals surface area (Å²) in [6.45, 7) is 4.14. The van der Waals surface area contributed by atoms with Gasteiger partial charge in [-0.15, -0.1) is 0 Å². The number of hydrogen-bond donors (Lipinski definition) is 6. The third-order valence-corrected chi connectivity index (χ3v) is 6.80. The number of hydrogen-bond acceptors (Lipinski definition) is 6. The molecule has 196 valence electrons. The van der Waals surface area contributed by atoms with Gasteiger partial charge in [0.05, 0.1) is 6.04 Å². The van der Waals surface area contributed by atoms with E-state index in [9.17, 15) is 24.3 Å². The number of carbonyl (C=O) groups is 4. The molecule has 0 bridgehead atoms. The van der Waals surface area contributed by atoms with E-state index < -0.39 is 42.0 Å². The van der Waals surface area contributed by atoms with Gasteiger partial charge in [-0.3, -0.25) is 14.4 Å². The highest BCUT2D eigenvalue weighted by Gasteiger charge is 2.38. The van der Waals surface area contributed by atoms with Gasteiger partial charge >= 0.3 is 5.97 Å². The van der Waals surface area contributed by atoms with E-state index in [0.717, 1.165) is 16.5 Å². The smallest absolute Gasteiger partial charge is 0.326 e. The van der Waals surface area contributed by atoms with Crippen LogP contribution in [0.4, 0.5) is 0 Å². The van der Waals surface area contributed by atoms with E-state index in [1.165, 1.54) is 4.90 Å². The van der Waals surface area contributed by atoms with Gasteiger partial charge in [0.15, 0.2) is 0 Å². The Hall–Kier alpha value is -3.05. The third kappa shape index (κ3) is 6.58. The van der Waals surface area contributed by atoms with E-state index >= 15 is 0 Å². The van der Waals surface area contributed by atoms with E-state index in [1.54, 1.807) is 6.20 Å². The van der Waals surface area contributed by atoms with Crippen LogP contribution in [-0.4, -0.2) is 75.1 Å². The van der Waals surface area contributed by atoms with Crippen LogP contribution in [0.15, 0.2) is 30.5 Å². The summed E-state index contributed by atoms with van der Waals surface area (Å²) in [6.07, 6.45) is 3.26.